The standard InChI is InChI=1S/C13H24N2O2/c1-10-6-8-17-12(10)13(16)15(2)9-11-5-3-4-7-14-11/h10-12,14H,3-9H2,1-2H3. The molecule has 1 amide bonds. The number of hydrogen-bond donors (Lipinski definition) is 1. The first-order chi connectivity index (χ1) is 8.18. The van der Waals surface area contributed by atoms with E-state index in [-0.39, 0.29) is 12.0 Å². The normalized spacial score (nSPS) is 33.6. The first kappa shape index (κ1) is 12.8. The van der Waals surface area contributed by atoms with Crippen LogP contribution in [0.15, 0.2) is 0 Å². The molecule has 0 aromatic rings. The third kappa shape index (κ3) is 3.19. The molecule has 4 heteroatoms. The molecular formula is C13H24N2O2. The second kappa shape index (κ2) is 5.83. The lowest BCUT2D eigenvalue weighted by molar-refractivity contribution is -0.141. The van der Waals surface area contributed by atoms with E-state index in [1.165, 1.54) is 19.3 Å². The Kier molecular flexibility index (Phi) is 4.40. The lowest BCUT2D eigenvalue weighted by Crippen LogP contribution is -2.47. The topological polar surface area (TPSA) is 41.6 Å². The van der Waals surface area contributed by atoms with E-state index in [9.17, 15) is 4.79 Å². The van der Waals surface area contributed by atoms with Gasteiger partial charge in [0.05, 0.1) is 0 Å². The molecular weight excluding hydrogens is 216 g/mol. The van der Waals surface area contributed by atoms with Crippen LogP contribution >= 0.6 is 0 Å². The molecule has 2 heterocycles. The van der Waals surface area contributed by atoms with Gasteiger partial charge in [-0.1, -0.05) is 13.3 Å². The quantitative estimate of drug-likeness (QED) is 0.800. The summed E-state index contributed by atoms with van der Waals surface area (Å²) >= 11 is 0. The van der Waals surface area contributed by atoms with Crippen LogP contribution in [0.2, 0.25) is 0 Å². The van der Waals surface area contributed by atoms with Crippen LogP contribution in [0.1, 0.15) is 32.6 Å². The summed E-state index contributed by atoms with van der Waals surface area (Å²) in [5, 5.41) is 3.47. The molecule has 98 valence electrons. The molecule has 2 fully saturated rings. The Morgan fingerprint density at radius 1 is 1.41 bits per heavy atom. The van der Waals surface area contributed by atoms with Gasteiger partial charge in [-0.3, -0.25) is 4.79 Å². The molecule has 3 atom stereocenters. The van der Waals surface area contributed by atoms with Gasteiger partial charge in [-0.05, 0) is 31.7 Å². The van der Waals surface area contributed by atoms with Crippen molar-refractivity contribution >= 4 is 5.91 Å². The third-order valence-electron chi connectivity index (χ3n) is 3.91. The van der Waals surface area contributed by atoms with E-state index in [1.807, 2.05) is 11.9 Å². The lowest BCUT2D eigenvalue weighted by atomic mass is 10.0. The van der Waals surface area contributed by atoms with Crippen molar-refractivity contribution in [3.63, 3.8) is 0 Å². The Morgan fingerprint density at radius 3 is 2.82 bits per heavy atom. The summed E-state index contributed by atoms with van der Waals surface area (Å²) in [5.74, 6) is 0.520. The van der Waals surface area contributed by atoms with Crippen LogP contribution in [0.5, 0.6) is 0 Å². The summed E-state index contributed by atoms with van der Waals surface area (Å²) in [4.78, 5) is 14.0. The first-order valence-electron chi connectivity index (χ1n) is 6.78. The predicted molar refractivity (Wildman–Crippen MR) is 66.8 cm³/mol. The molecule has 0 aromatic heterocycles. The Hall–Kier alpha value is -0.610. The number of hydrogen-bond acceptors (Lipinski definition) is 3. The predicted octanol–water partition coefficient (Wildman–Crippen LogP) is 1.01. The van der Waals surface area contributed by atoms with Gasteiger partial charge in [0.1, 0.15) is 6.10 Å². The number of amides is 1. The van der Waals surface area contributed by atoms with Gasteiger partial charge in [-0.2, -0.15) is 0 Å². The average Bonchev–Trinajstić information content (AvgIpc) is 2.76. The zero-order valence-corrected chi connectivity index (χ0v) is 10.9. The zero-order valence-electron chi connectivity index (χ0n) is 10.9. The molecule has 0 radical (unpaired) electrons. The summed E-state index contributed by atoms with van der Waals surface area (Å²) in [6.45, 7) is 4.73. The minimum Gasteiger partial charge on any atom is -0.368 e. The SMILES string of the molecule is CC1CCOC1C(=O)N(C)CC1CCCCN1. The van der Waals surface area contributed by atoms with Crippen LogP contribution in [-0.4, -0.2) is 49.7 Å². The van der Waals surface area contributed by atoms with Gasteiger partial charge in [0, 0.05) is 26.2 Å². The van der Waals surface area contributed by atoms with Crippen LogP contribution < -0.4 is 5.32 Å². The largest absolute Gasteiger partial charge is 0.368 e. The molecule has 2 aliphatic heterocycles. The highest BCUT2D eigenvalue weighted by Crippen LogP contribution is 2.21. The van der Waals surface area contributed by atoms with Crippen LogP contribution in [-0.2, 0) is 9.53 Å². The molecule has 17 heavy (non-hydrogen) atoms. The van der Waals surface area contributed by atoms with Crippen molar-refractivity contribution in [1.82, 2.24) is 10.2 Å². The van der Waals surface area contributed by atoms with E-state index in [2.05, 4.69) is 12.2 Å². The first-order valence-corrected chi connectivity index (χ1v) is 6.78. The summed E-state index contributed by atoms with van der Waals surface area (Å²) in [6.07, 6.45) is 4.51. The molecule has 2 rings (SSSR count). The fourth-order valence-corrected chi connectivity index (χ4v) is 2.73. The number of carbonyl (C=O) groups is 1. The zero-order chi connectivity index (χ0) is 12.3. The molecule has 0 saturated carbocycles. The Labute approximate surface area is 104 Å². The summed E-state index contributed by atoms with van der Waals surface area (Å²) in [5.41, 5.74) is 0. The molecule has 0 aliphatic carbocycles. The Morgan fingerprint density at radius 2 is 2.24 bits per heavy atom. The minimum atomic E-state index is -0.205. The van der Waals surface area contributed by atoms with Crippen molar-refractivity contribution in [2.45, 2.75) is 44.8 Å². The highest BCUT2D eigenvalue weighted by molar-refractivity contribution is 5.81. The van der Waals surface area contributed by atoms with Crippen LogP contribution in [0.25, 0.3) is 0 Å². The second-order valence-corrected chi connectivity index (χ2v) is 5.42. The highest BCUT2D eigenvalue weighted by Gasteiger charge is 2.33. The van der Waals surface area contributed by atoms with Crippen molar-refractivity contribution in [1.29, 1.82) is 0 Å². The van der Waals surface area contributed by atoms with Gasteiger partial charge in [-0.25, -0.2) is 0 Å². The number of nitrogens with one attached hydrogen (secondary N) is 1. The smallest absolute Gasteiger partial charge is 0.251 e. The molecule has 1 N–H and O–H groups in total. The van der Waals surface area contributed by atoms with E-state index in [1.54, 1.807) is 0 Å². The van der Waals surface area contributed by atoms with Crippen LogP contribution in [0.4, 0.5) is 0 Å². The van der Waals surface area contributed by atoms with Gasteiger partial charge in [0.2, 0.25) is 0 Å². The summed E-state index contributed by atoms with van der Waals surface area (Å²) < 4.78 is 5.53. The van der Waals surface area contributed by atoms with Crippen LogP contribution in [0.3, 0.4) is 0 Å². The molecule has 0 aromatic carbocycles. The Balaban J connectivity index is 1.81. The van der Waals surface area contributed by atoms with E-state index < -0.39 is 0 Å². The maximum Gasteiger partial charge on any atom is 0.251 e. The molecule has 3 unspecified atom stereocenters. The molecule has 2 aliphatic rings. The third-order valence-corrected chi connectivity index (χ3v) is 3.91. The number of ether oxygens (including phenoxy) is 1. The van der Waals surface area contributed by atoms with Gasteiger partial charge >= 0.3 is 0 Å². The molecule has 0 spiro atoms. The highest BCUT2D eigenvalue weighted by atomic mass is 16.5. The van der Waals surface area contributed by atoms with Gasteiger partial charge < -0.3 is 15.0 Å². The second-order valence-electron chi connectivity index (χ2n) is 5.42. The maximum atomic E-state index is 12.2. The van der Waals surface area contributed by atoms with Crippen molar-refractivity contribution in [2.24, 2.45) is 5.92 Å². The molecule has 4 nitrogen and oxygen atoms in total. The fourth-order valence-electron chi connectivity index (χ4n) is 2.73. The average molecular weight is 240 g/mol. The van der Waals surface area contributed by atoms with E-state index in [4.69, 9.17) is 4.74 Å². The van der Waals surface area contributed by atoms with Crippen molar-refractivity contribution < 1.29 is 9.53 Å². The fraction of sp³-hybridized carbons (Fsp3) is 0.923. The number of piperidine rings is 1. The number of carbonyl (C=O) groups excluding carboxylic acids is 1. The minimum absolute atomic E-state index is 0.155. The molecule has 0 bridgehead atoms. The van der Waals surface area contributed by atoms with Gasteiger partial charge in [-0.15, -0.1) is 0 Å². The van der Waals surface area contributed by atoms with Crippen molar-refractivity contribution in [3.05, 3.63) is 0 Å². The van der Waals surface area contributed by atoms with Crippen molar-refractivity contribution in [3.8, 4) is 0 Å². The van der Waals surface area contributed by atoms with E-state index in [0.717, 1.165) is 26.1 Å². The number of nitrogens with zero attached hydrogens (tertiary/aromatic N) is 1. The number of likely N-dealkylation sites (N-methyl/N-ethyl adjacent to an activating group) is 1. The van der Waals surface area contributed by atoms with Gasteiger partial charge in [0.25, 0.3) is 5.91 Å². The van der Waals surface area contributed by atoms with Crippen molar-refractivity contribution in [2.75, 3.05) is 26.7 Å². The Bertz CT molecular complexity index is 264. The number of rotatable bonds is 3. The molecule has 2 saturated heterocycles. The maximum absolute atomic E-state index is 12.2. The lowest BCUT2D eigenvalue weighted by Gasteiger charge is -2.30. The summed E-state index contributed by atoms with van der Waals surface area (Å²) in [6, 6.07) is 0.467. The van der Waals surface area contributed by atoms with Gasteiger partial charge in [0.15, 0.2) is 0 Å². The van der Waals surface area contributed by atoms with E-state index in [0.29, 0.717) is 12.0 Å². The van der Waals surface area contributed by atoms with Crippen LogP contribution in [0, 0.1) is 5.92 Å². The van der Waals surface area contributed by atoms with E-state index >= 15 is 0 Å². The monoisotopic (exact) mass is 240 g/mol. The summed E-state index contributed by atoms with van der Waals surface area (Å²) in [7, 11) is 1.90.